The number of carbonyl (C=O) groups is 1. The van der Waals surface area contributed by atoms with E-state index < -0.39 is 12.0 Å². The standard InChI is InChI=1S/C10H13NO3/c1-6-3-2-4-7(9(6)12)5-8(11)10(13)14/h2-4,8,12H,5,11H2,1H3,(H,13,14)/t8-/m1/s1. The summed E-state index contributed by atoms with van der Waals surface area (Å²) < 4.78 is 0. The molecule has 4 N–H and O–H groups in total. The maximum absolute atomic E-state index is 10.5. The van der Waals surface area contributed by atoms with Gasteiger partial charge in [0.2, 0.25) is 0 Å². The first-order chi connectivity index (χ1) is 6.52. The molecule has 0 heterocycles. The van der Waals surface area contributed by atoms with E-state index in [4.69, 9.17) is 10.8 Å². The highest BCUT2D eigenvalue weighted by Crippen LogP contribution is 2.22. The van der Waals surface area contributed by atoms with E-state index in [2.05, 4.69) is 0 Å². The number of carboxylic acid groups (broad SMARTS) is 1. The van der Waals surface area contributed by atoms with Gasteiger partial charge in [-0.1, -0.05) is 18.2 Å². The summed E-state index contributed by atoms with van der Waals surface area (Å²) in [5.41, 5.74) is 6.65. The number of rotatable bonds is 3. The highest BCUT2D eigenvalue weighted by atomic mass is 16.4. The molecule has 0 unspecified atom stereocenters. The Balaban J connectivity index is 2.87. The van der Waals surface area contributed by atoms with E-state index in [-0.39, 0.29) is 12.2 Å². The zero-order chi connectivity index (χ0) is 10.7. The van der Waals surface area contributed by atoms with E-state index >= 15 is 0 Å². The summed E-state index contributed by atoms with van der Waals surface area (Å²) in [6, 6.07) is 4.22. The van der Waals surface area contributed by atoms with Gasteiger partial charge in [0.15, 0.2) is 0 Å². The summed E-state index contributed by atoms with van der Waals surface area (Å²) in [6.45, 7) is 1.76. The van der Waals surface area contributed by atoms with Crippen LogP contribution in [-0.4, -0.2) is 22.2 Å². The van der Waals surface area contributed by atoms with Crippen molar-refractivity contribution >= 4 is 5.97 Å². The Labute approximate surface area is 82.0 Å². The molecule has 0 bridgehead atoms. The first kappa shape index (κ1) is 10.5. The third-order valence-corrected chi connectivity index (χ3v) is 2.08. The number of benzene rings is 1. The predicted molar refractivity (Wildman–Crippen MR) is 52.2 cm³/mol. The molecule has 0 aliphatic rings. The van der Waals surface area contributed by atoms with Crippen LogP contribution < -0.4 is 5.73 Å². The fourth-order valence-corrected chi connectivity index (χ4v) is 1.21. The lowest BCUT2D eigenvalue weighted by Gasteiger charge is -2.09. The lowest BCUT2D eigenvalue weighted by atomic mass is 10.0. The van der Waals surface area contributed by atoms with E-state index in [1.54, 1.807) is 25.1 Å². The maximum atomic E-state index is 10.5. The molecule has 1 aromatic carbocycles. The number of aliphatic carboxylic acids is 1. The fraction of sp³-hybridized carbons (Fsp3) is 0.300. The molecule has 76 valence electrons. The highest BCUT2D eigenvalue weighted by molar-refractivity contribution is 5.73. The Kier molecular flexibility index (Phi) is 3.09. The van der Waals surface area contributed by atoms with Crippen LogP contribution in [0.15, 0.2) is 18.2 Å². The molecule has 4 heteroatoms. The van der Waals surface area contributed by atoms with E-state index in [0.717, 1.165) is 5.56 Å². The van der Waals surface area contributed by atoms with Crippen molar-refractivity contribution in [1.82, 2.24) is 0 Å². The molecule has 1 atom stereocenters. The average molecular weight is 195 g/mol. The van der Waals surface area contributed by atoms with Crippen LogP contribution in [0.2, 0.25) is 0 Å². The molecule has 0 aliphatic heterocycles. The largest absolute Gasteiger partial charge is 0.507 e. The highest BCUT2D eigenvalue weighted by Gasteiger charge is 2.14. The number of phenolic OH excluding ortho intramolecular Hbond substituents is 1. The second-order valence-corrected chi connectivity index (χ2v) is 3.23. The van der Waals surface area contributed by atoms with Gasteiger partial charge in [0.25, 0.3) is 0 Å². The van der Waals surface area contributed by atoms with Crippen LogP contribution in [0.5, 0.6) is 5.75 Å². The second kappa shape index (κ2) is 4.11. The molecule has 0 saturated heterocycles. The van der Waals surface area contributed by atoms with Crippen LogP contribution in [0.1, 0.15) is 11.1 Å². The van der Waals surface area contributed by atoms with Crippen LogP contribution in [0.4, 0.5) is 0 Å². The maximum Gasteiger partial charge on any atom is 0.320 e. The van der Waals surface area contributed by atoms with E-state index in [0.29, 0.717) is 5.56 Å². The predicted octanol–water partition coefficient (Wildman–Crippen LogP) is 0.655. The summed E-state index contributed by atoms with van der Waals surface area (Å²) in [6.07, 6.45) is 0.142. The van der Waals surface area contributed by atoms with E-state index in [9.17, 15) is 9.90 Å². The van der Waals surface area contributed by atoms with Gasteiger partial charge in [0.1, 0.15) is 11.8 Å². The molecular weight excluding hydrogens is 182 g/mol. The van der Waals surface area contributed by atoms with Crippen molar-refractivity contribution in [3.8, 4) is 5.75 Å². The lowest BCUT2D eigenvalue weighted by Crippen LogP contribution is -2.32. The molecule has 1 rings (SSSR count). The molecule has 14 heavy (non-hydrogen) atoms. The molecule has 1 aromatic rings. The molecule has 0 aromatic heterocycles. The second-order valence-electron chi connectivity index (χ2n) is 3.23. The number of phenols is 1. The van der Waals surface area contributed by atoms with Gasteiger partial charge in [-0.3, -0.25) is 4.79 Å². The van der Waals surface area contributed by atoms with Crippen molar-refractivity contribution in [3.63, 3.8) is 0 Å². The number of aryl methyl sites for hydroxylation is 1. The van der Waals surface area contributed by atoms with Crippen molar-refractivity contribution in [3.05, 3.63) is 29.3 Å². The Hall–Kier alpha value is -1.55. The number of hydrogen-bond acceptors (Lipinski definition) is 3. The molecular formula is C10H13NO3. The van der Waals surface area contributed by atoms with E-state index in [1.807, 2.05) is 0 Å². The van der Waals surface area contributed by atoms with Gasteiger partial charge in [-0.05, 0) is 18.1 Å². The van der Waals surface area contributed by atoms with Crippen molar-refractivity contribution < 1.29 is 15.0 Å². The molecule has 0 radical (unpaired) electrons. The zero-order valence-electron chi connectivity index (χ0n) is 7.90. The van der Waals surface area contributed by atoms with Crippen LogP contribution in [0.3, 0.4) is 0 Å². The third-order valence-electron chi connectivity index (χ3n) is 2.08. The minimum atomic E-state index is -1.06. The molecule has 0 aliphatic carbocycles. The van der Waals surface area contributed by atoms with Gasteiger partial charge in [-0.25, -0.2) is 0 Å². The number of carboxylic acids is 1. The third kappa shape index (κ3) is 2.23. The molecule has 4 nitrogen and oxygen atoms in total. The summed E-state index contributed by atoms with van der Waals surface area (Å²) >= 11 is 0. The SMILES string of the molecule is Cc1cccc(C[C@@H](N)C(=O)O)c1O. The smallest absolute Gasteiger partial charge is 0.320 e. The van der Waals surface area contributed by atoms with Gasteiger partial charge in [-0.2, -0.15) is 0 Å². The average Bonchev–Trinajstić information content (AvgIpc) is 2.12. The number of para-hydroxylation sites is 1. The molecule has 0 amide bonds. The molecule has 0 fully saturated rings. The Bertz CT molecular complexity index is 349. The first-order valence-electron chi connectivity index (χ1n) is 4.28. The van der Waals surface area contributed by atoms with Gasteiger partial charge in [0.05, 0.1) is 0 Å². The van der Waals surface area contributed by atoms with E-state index in [1.165, 1.54) is 0 Å². The van der Waals surface area contributed by atoms with Crippen molar-refractivity contribution in [2.24, 2.45) is 5.73 Å². The minimum Gasteiger partial charge on any atom is -0.507 e. The number of hydrogen-bond donors (Lipinski definition) is 3. The first-order valence-corrected chi connectivity index (χ1v) is 4.28. The molecule has 0 spiro atoms. The summed E-state index contributed by atoms with van der Waals surface area (Å²) in [5.74, 6) is -0.935. The monoisotopic (exact) mass is 195 g/mol. The Morgan fingerprint density at radius 3 is 2.79 bits per heavy atom. The van der Waals surface area contributed by atoms with Crippen LogP contribution >= 0.6 is 0 Å². The summed E-state index contributed by atoms with van der Waals surface area (Å²) in [4.78, 5) is 10.5. The topological polar surface area (TPSA) is 83.6 Å². The fourth-order valence-electron chi connectivity index (χ4n) is 1.21. The summed E-state index contributed by atoms with van der Waals surface area (Å²) in [7, 11) is 0. The molecule has 0 saturated carbocycles. The Morgan fingerprint density at radius 2 is 2.21 bits per heavy atom. The summed E-state index contributed by atoms with van der Waals surface area (Å²) in [5, 5.41) is 18.2. The van der Waals surface area contributed by atoms with Gasteiger partial charge in [-0.15, -0.1) is 0 Å². The normalized spacial score (nSPS) is 12.4. The zero-order valence-corrected chi connectivity index (χ0v) is 7.90. The number of aromatic hydroxyl groups is 1. The number of nitrogens with two attached hydrogens (primary N) is 1. The minimum absolute atomic E-state index is 0.129. The van der Waals surface area contributed by atoms with Crippen molar-refractivity contribution in [2.75, 3.05) is 0 Å². The van der Waals surface area contributed by atoms with Crippen LogP contribution in [0, 0.1) is 6.92 Å². The van der Waals surface area contributed by atoms with Crippen molar-refractivity contribution in [2.45, 2.75) is 19.4 Å². The Morgan fingerprint density at radius 1 is 1.57 bits per heavy atom. The van der Waals surface area contributed by atoms with Crippen LogP contribution in [-0.2, 0) is 11.2 Å². The lowest BCUT2D eigenvalue weighted by molar-refractivity contribution is -0.138. The van der Waals surface area contributed by atoms with Crippen molar-refractivity contribution in [1.29, 1.82) is 0 Å². The van der Waals surface area contributed by atoms with Gasteiger partial charge < -0.3 is 15.9 Å². The van der Waals surface area contributed by atoms with Gasteiger partial charge >= 0.3 is 5.97 Å². The quantitative estimate of drug-likeness (QED) is 0.661. The van der Waals surface area contributed by atoms with Crippen LogP contribution in [0.25, 0.3) is 0 Å². The van der Waals surface area contributed by atoms with Gasteiger partial charge in [0, 0.05) is 6.42 Å².